The van der Waals surface area contributed by atoms with Crippen molar-refractivity contribution >= 4 is 15.9 Å². The molecule has 98 valence electrons. The lowest BCUT2D eigenvalue weighted by Crippen LogP contribution is -2.49. The van der Waals surface area contributed by atoms with Crippen LogP contribution in [-0.4, -0.2) is 19.8 Å². The van der Waals surface area contributed by atoms with Crippen molar-refractivity contribution in [3.05, 3.63) is 33.8 Å². The summed E-state index contributed by atoms with van der Waals surface area (Å²) in [6.45, 7) is 1.48. The second-order valence-corrected chi connectivity index (χ2v) is 5.52. The zero-order valence-electron chi connectivity index (χ0n) is 9.51. The van der Waals surface area contributed by atoms with Crippen molar-refractivity contribution in [1.29, 1.82) is 0 Å². The predicted octanol–water partition coefficient (Wildman–Crippen LogP) is 2.49. The maximum absolute atomic E-state index is 14.0. The Balaban J connectivity index is 2.10. The largest absolute Gasteiger partial charge is 0.379 e. The van der Waals surface area contributed by atoms with Crippen LogP contribution in [0.1, 0.15) is 12.0 Å². The van der Waals surface area contributed by atoms with Crippen molar-refractivity contribution < 1.29 is 18.4 Å². The fraction of sp³-hybridized carbons (Fsp3) is 0.500. The first-order valence-corrected chi connectivity index (χ1v) is 6.54. The summed E-state index contributed by atoms with van der Waals surface area (Å²) in [7, 11) is 0. The molecule has 0 spiro atoms. The Morgan fingerprint density at radius 2 is 2.17 bits per heavy atom. The van der Waals surface area contributed by atoms with E-state index in [4.69, 9.17) is 9.57 Å². The summed E-state index contributed by atoms with van der Waals surface area (Å²) in [6.07, 6.45) is 0.793. The van der Waals surface area contributed by atoms with Crippen LogP contribution in [0.25, 0.3) is 0 Å². The van der Waals surface area contributed by atoms with Gasteiger partial charge in [0.2, 0.25) is 0 Å². The van der Waals surface area contributed by atoms with Crippen molar-refractivity contribution in [2.45, 2.75) is 12.0 Å². The summed E-state index contributed by atoms with van der Waals surface area (Å²) in [6, 6.07) is 2.36. The van der Waals surface area contributed by atoms with Crippen LogP contribution in [0, 0.1) is 17.6 Å². The third kappa shape index (κ3) is 1.79. The van der Waals surface area contributed by atoms with Crippen LogP contribution in [0.2, 0.25) is 0 Å². The lowest BCUT2D eigenvalue weighted by atomic mass is 9.77. The molecule has 0 radical (unpaired) electrons. The molecule has 6 heteroatoms. The quantitative estimate of drug-likeness (QED) is 0.807. The number of hydrogen-bond donors (Lipinski definition) is 1. The van der Waals surface area contributed by atoms with Gasteiger partial charge in [-0.1, -0.05) is 0 Å². The van der Waals surface area contributed by atoms with Gasteiger partial charge in [0, 0.05) is 24.2 Å². The van der Waals surface area contributed by atoms with Crippen molar-refractivity contribution in [3.63, 3.8) is 0 Å². The van der Waals surface area contributed by atoms with Crippen molar-refractivity contribution in [2.75, 3.05) is 19.8 Å². The number of rotatable bonds is 1. The second-order valence-electron chi connectivity index (χ2n) is 4.67. The van der Waals surface area contributed by atoms with E-state index in [0.717, 1.165) is 12.5 Å². The molecule has 2 atom stereocenters. The molecule has 3 nitrogen and oxygen atoms in total. The van der Waals surface area contributed by atoms with E-state index in [9.17, 15) is 8.78 Å². The number of ether oxygens (including phenoxy) is 1. The average molecular weight is 320 g/mol. The molecule has 2 saturated heterocycles. The Morgan fingerprint density at radius 1 is 1.33 bits per heavy atom. The lowest BCUT2D eigenvalue weighted by molar-refractivity contribution is -0.0226. The van der Waals surface area contributed by atoms with Crippen LogP contribution >= 0.6 is 15.9 Å². The van der Waals surface area contributed by atoms with E-state index in [2.05, 4.69) is 21.4 Å². The van der Waals surface area contributed by atoms with Gasteiger partial charge in [-0.15, -0.1) is 0 Å². The van der Waals surface area contributed by atoms with Gasteiger partial charge in [-0.3, -0.25) is 0 Å². The number of hydroxylamine groups is 1. The molecule has 1 aromatic rings. The molecule has 18 heavy (non-hydrogen) atoms. The molecule has 0 aliphatic carbocycles. The Kier molecular flexibility index (Phi) is 3.13. The zero-order valence-corrected chi connectivity index (χ0v) is 11.1. The smallest absolute Gasteiger partial charge is 0.140 e. The minimum absolute atomic E-state index is 0.137. The maximum Gasteiger partial charge on any atom is 0.140 e. The third-order valence-corrected chi connectivity index (χ3v) is 4.27. The van der Waals surface area contributed by atoms with Crippen molar-refractivity contribution in [3.8, 4) is 0 Å². The normalized spacial score (nSPS) is 31.4. The number of halogens is 3. The molecule has 0 bridgehead atoms. The molecule has 2 aliphatic heterocycles. The summed E-state index contributed by atoms with van der Waals surface area (Å²) in [5, 5.41) is 0. The fourth-order valence-corrected chi connectivity index (χ4v) is 2.99. The van der Waals surface area contributed by atoms with Gasteiger partial charge < -0.3 is 9.57 Å². The van der Waals surface area contributed by atoms with E-state index in [-0.39, 0.29) is 10.4 Å². The molecule has 1 N–H and O–H groups in total. The Labute approximate surface area is 112 Å². The van der Waals surface area contributed by atoms with Crippen LogP contribution in [-0.2, 0) is 15.1 Å². The standard InChI is InChI=1S/C12H12BrF2NO2/c13-9-3-8(10(14)4-11(9)15)12-6-17-2-1-7(12)5-18-16-12/h3-4,7,16H,1-2,5-6H2. The van der Waals surface area contributed by atoms with E-state index < -0.39 is 17.2 Å². The molecule has 2 fully saturated rings. The molecule has 2 unspecified atom stereocenters. The van der Waals surface area contributed by atoms with Gasteiger partial charge in [-0.05, 0) is 28.4 Å². The molecular formula is C12H12BrF2NO2. The molecule has 0 aromatic heterocycles. The first-order chi connectivity index (χ1) is 8.63. The molecule has 2 aliphatic rings. The number of fused-ring (bicyclic) bond motifs is 1. The van der Waals surface area contributed by atoms with Gasteiger partial charge in [-0.2, -0.15) is 5.48 Å². The van der Waals surface area contributed by atoms with Crippen molar-refractivity contribution in [2.24, 2.45) is 5.92 Å². The number of hydrogen-bond acceptors (Lipinski definition) is 3. The van der Waals surface area contributed by atoms with E-state index in [1.54, 1.807) is 0 Å². The topological polar surface area (TPSA) is 30.5 Å². The fourth-order valence-electron chi connectivity index (χ4n) is 2.65. The second kappa shape index (κ2) is 4.52. The van der Waals surface area contributed by atoms with Gasteiger partial charge >= 0.3 is 0 Å². The van der Waals surface area contributed by atoms with Crippen LogP contribution in [0.3, 0.4) is 0 Å². The third-order valence-electron chi connectivity index (χ3n) is 3.67. The summed E-state index contributed by atoms with van der Waals surface area (Å²) in [5.74, 6) is -1.05. The molecule has 2 heterocycles. The summed E-state index contributed by atoms with van der Waals surface area (Å²) in [4.78, 5) is 5.27. The molecule has 0 amide bonds. The van der Waals surface area contributed by atoms with E-state index in [1.165, 1.54) is 6.07 Å². The van der Waals surface area contributed by atoms with Gasteiger partial charge in [-0.25, -0.2) is 8.78 Å². The highest BCUT2D eigenvalue weighted by Crippen LogP contribution is 2.41. The first-order valence-electron chi connectivity index (χ1n) is 5.75. The molecule has 3 rings (SSSR count). The SMILES string of the molecule is Fc1cc(F)c(C23COCCC2CON3)cc1Br. The number of benzene rings is 1. The predicted molar refractivity (Wildman–Crippen MR) is 63.7 cm³/mol. The van der Waals surface area contributed by atoms with Crippen LogP contribution in [0.5, 0.6) is 0 Å². The van der Waals surface area contributed by atoms with E-state index in [0.29, 0.717) is 25.4 Å². The highest BCUT2D eigenvalue weighted by atomic mass is 79.9. The molecule has 1 aromatic carbocycles. The Morgan fingerprint density at radius 3 is 3.00 bits per heavy atom. The van der Waals surface area contributed by atoms with E-state index >= 15 is 0 Å². The Bertz CT molecular complexity index is 485. The van der Waals surface area contributed by atoms with Gasteiger partial charge in [0.15, 0.2) is 0 Å². The average Bonchev–Trinajstić information content (AvgIpc) is 2.78. The highest BCUT2D eigenvalue weighted by Gasteiger charge is 2.49. The zero-order chi connectivity index (χ0) is 12.8. The first kappa shape index (κ1) is 12.5. The Hall–Kier alpha value is -0.560. The molecular weight excluding hydrogens is 308 g/mol. The van der Waals surface area contributed by atoms with Gasteiger partial charge in [0.25, 0.3) is 0 Å². The van der Waals surface area contributed by atoms with E-state index in [1.807, 2.05) is 0 Å². The van der Waals surface area contributed by atoms with Crippen LogP contribution in [0.15, 0.2) is 16.6 Å². The monoisotopic (exact) mass is 319 g/mol. The maximum atomic E-state index is 14.0. The minimum Gasteiger partial charge on any atom is -0.379 e. The summed E-state index contributed by atoms with van der Waals surface area (Å²) < 4.78 is 33.0. The molecule has 0 saturated carbocycles. The van der Waals surface area contributed by atoms with Crippen LogP contribution in [0.4, 0.5) is 8.78 Å². The summed E-state index contributed by atoms with van der Waals surface area (Å²) >= 11 is 3.09. The van der Waals surface area contributed by atoms with Crippen LogP contribution < -0.4 is 5.48 Å². The van der Waals surface area contributed by atoms with Crippen molar-refractivity contribution in [1.82, 2.24) is 5.48 Å². The highest BCUT2D eigenvalue weighted by molar-refractivity contribution is 9.10. The van der Waals surface area contributed by atoms with Gasteiger partial charge in [0.1, 0.15) is 11.6 Å². The summed E-state index contributed by atoms with van der Waals surface area (Å²) in [5.41, 5.74) is 2.54. The van der Waals surface area contributed by atoms with Gasteiger partial charge in [0.05, 0.1) is 23.2 Å². The minimum atomic E-state index is -0.710. The number of nitrogens with one attached hydrogen (secondary N) is 1. The lowest BCUT2D eigenvalue weighted by Gasteiger charge is -2.37.